The highest BCUT2D eigenvalue weighted by Crippen LogP contribution is 1.68. The fourth-order valence-electron chi connectivity index (χ4n) is 0.105. The molecule has 0 rings (SSSR count). The highest BCUT2D eigenvalue weighted by atomic mass is 16.7. The second kappa shape index (κ2) is 3.14. The third-order valence-electron chi connectivity index (χ3n) is 0.275. The number of aldehydes is 1. The fourth-order valence-corrected chi connectivity index (χ4v) is 0.105. The van der Waals surface area contributed by atoms with Crippen LogP contribution in [0.5, 0.6) is 0 Å². The lowest BCUT2D eigenvalue weighted by Gasteiger charge is -1.86. The molecule has 1 N–H and O–H groups in total. The van der Waals surface area contributed by atoms with Gasteiger partial charge >= 0.3 is 6.16 Å². The van der Waals surface area contributed by atoms with Crippen molar-refractivity contribution in [1.82, 2.24) is 0 Å². The van der Waals surface area contributed by atoms with Gasteiger partial charge in [-0.25, -0.2) is 4.79 Å². The SMILES string of the molecule is O=CCOC(=O)O. The second-order valence-corrected chi connectivity index (χ2v) is 0.744. The average molecular weight is 104 g/mol. The normalized spacial score (nSPS) is 7.43. The summed E-state index contributed by atoms with van der Waals surface area (Å²) < 4.78 is 3.74. The number of hydrogen-bond donors (Lipinski definition) is 1. The molecule has 0 aliphatic carbocycles. The maximum Gasteiger partial charge on any atom is 0.506 e. The van der Waals surface area contributed by atoms with Crippen LogP contribution in [0.4, 0.5) is 4.79 Å². The molecule has 0 aromatic heterocycles. The van der Waals surface area contributed by atoms with Gasteiger partial charge in [0.25, 0.3) is 0 Å². The van der Waals surface area contributed by atoms with Gasteiger partial charge in [-0.3, -0.25) is 4.79 Å². The molecule has 0 fully saturated rings. The van der Waals surface area contributed by atoms with Crippen molar-refractivity contribution in [2.24, 2.45) is 0 Å². The predicted molar refractivity (Wildman–Crippen MR) is 20.0 cm³/mol. The Morgan fingerprint density at radius 1 is 1.86 bits per heavy atom. The molecule has 7 heavy (non-hydrogen) atoms. The number of carbonyl (C=O) groups excluding carboxylic acids is 1. The number of carbonyl (C=O) groups is 2. The molecular weight excluding hydrogens is 100 g/mol. The minimum absolute atomic E-state index is 0.369. The summed E-state index contributed by atoms with van der Waals surface area (Å²) >= 11 is 0. The zero-order valence-corrected chi connectivity index (χ0v) is 3.46. The Balaban J connectivity index is 2.97. The van der Waals surface area contributed by atoms with Gasteiger partial charge in [0.2, 0.25) is 0 Å². The largest absolute Gasteiger partial charge is 0.506 e. The molecule has 0 atom stereocenters. The summed E-state index contributed by atoms with van der Waals surface area (Å²) in [5.74, 6) is 0. The maximum atomic E-state index is 9.38. The molecule has 0 unspecified atom stereocenters. The van der Waals surface area contributed by atoms with Crippen LogP contribution in [0.2, 0.25) is 0 Å². The molecule has 0 aromatic rings. The average Bonchev–Trinajstić information content (AvgIpc) is 1.61. The molecule has 0 radical (unpaired) electrons. The summed E-state index contributed by atoms with van der Waals surface area (Å²) in [7, 11) is 0. The third-order valence-corrected chi connectivity index (χ3v) is 0.275. The van der Waals surface area contributed by atoms with Crippen LogP contribution in [0, 0.1) is 0 Å². The summed E-state index contributed by atoms with van der Waals surface area (Å²) in [6.45, 7) is -0.380. The number of hydrogen-bond acceptors (Lipinski definition) is 3. The van der Waals surface area contributed by atoms with Crippen molar-refractivity contribution in [1.29, 1.82) is 0 Å². The van der Waals surface area contributed by atoms with Crippen LogP contribution in [0.3, 0.4) is 0 Å². The first-order valence-electron chi connectivity index (χ1n) is 1.56. The van der Waals surface area contributed by atoms with Crippen molar-refractivity contribution >= 4 is 12.4 Å². The van der Waals surface area contributed by atoms with Crippen LogP contribution >= 0.6 is 0 Å². The number of rotatable bonds is 2. The molecule has 0 aliphatic heterocycles. The Morgan fingerprint density at radius 2 is 2.43 bits per heavy atom. The first-order chi connectivity index (χ1) is 3.27. The minimum Gasteiger partial charge on any atom is -0.450 e. The van der Waals surface area contributed by atoms with Gasteiger partial charge < -0.3 is 9.84 Å². The predicted octanol–water partition coefficient (Wildman–Crippen LogP) is -0.120. The molecule has 4 heteroatoms. The van der Waals surface area contributed by atoms with E-state index >= 15 is 0 Å². The van der Waals surface area contributed by atoms with Crippen LogP contribution in [-0.2, 0) is 9.53 Å². The quantitative estimate of drug-likeness (QED) is 0.392. The van der Waals surface area contributed by atoms with Gasteiger partial charge in [0, 0.05) is 0 Å². The summed E-state index contributed by atoms with van der Waals surface area (Å²) in [5.41, 5.74) is 0. The third kappa shape index (κ3) is 4.94. The monoisotopic (exact) mass is 104 g/mol. The molecule has 0 aromatic carbocycles. The Bertz CT molecular complexity index is 77.0. The number of carboxylic acid groups (broad SMARTS) is 1. The summed E-state index contributed by atoms with van der Waals surface area (Å²) in [6.07, 6.45) is -1.05. The standard InChI is InChI=1S/C3H4O4/c4-1-2-7-3(5)6/h1H,2H2,(H,5,6). The van der Waals surface area contributed by atoms with Gasteiger partial charge in [-0.15, -0.1) is 0 Å². The van der Waals surface area contributed by atoms with Crippen LogP contribution in [-0.4, -0.2) is 24.2 Å². The number of ether oxygens (including phenoxy) is 1. The van der Waals surface area contributed by atoms with E-state index in [0.717, 1.165) is 0 Å². The van der Waals surface area contributed by atoms with Crippen molar-refractivity contribution in [3.05, 3.63) is 0 Å². The van der Waals surface area contributed by atoms with Gasteiger partial charge in [0.1, 0.15) is 0 Å². The summed E-state index contributed by atoms with van der Waals surface area (Å²) in [4.78, 5) is 18.7. The highest BCUT2D eigenvalue weighted by Gasteiger charge is 1.89. The molecule has 0 saturated heterocycles. The molecule has 4 nitrogen and oxygen atoms in total. The minimum atomic E-state index is -1.42. The van der Waals surface area contributed by atoms with Gasteiger partial charge in [-0.05, 0) is 0 Å². The van der Waals surface area contributed by atoms with Crippen LogP contribution in [0.1, 0.15) is 0 Å². The Hall–Kier alpha value is -1.06. The Morgan fingerprint density at radius 3 is 2.57 bits per heavy atom. The van der Waals surface area contributed by atoms with Crippen molar-refractivity contribution in [3.8, 4) is 0 Å². The van der Waals surface area contributed by atoms with E-state index in [0.29, 0.717) is 6.29 Å². The Kier molecular flexibility index (Phi) is 2.67. The summed E-state index contributed by atoms with van der Waals surface area (Å²) in [5, 5.41) is 7.66. The first-order valence-corrected chi connectivity index (χ1v) is 1.56. The lowest BCUT2D eigenvalue weighted by Crippen LogP contribution is -2.01. The van der Waals surface area contributed by atoms with E-state index in [1.54, 1.807) is 0 Å². The van der Waals surface area contributed by atoms with Crippen molar-refractivity contribution < 1.29 is 19.4 Å². The van der Waals surface area contributed by atoms with E-state index < -0.39 is 6.16 Å². The zero-order chi connectivity index (χ0) is 5.70. The van der Waals surface area contributed by atoms with Crippen LogP contribution in [0.15, 0.2) is 0 Å². The van der Waals surface area contributed by atoms with E-state index in [2.05, 4.69) is 4.74 Å². The molecule has 0 aliphatic rings. The van der Waals surface area contributed by atoms with E-state index in [1.165, 1.54) is 0 Å². The van der Waals surface area contributed by atoms with Crippen LogP contribution in [0.25, 0.3) is 0 Å². The fraction of sp³-hybridized carbons (Fsp3) is 0.333. The molecule has 0 spiro atoms. The van der Waals surface area contributed by atoms with E-state index in [4.69, 9.17) is 5.11 Å². The van der Waals surface area contributed by atoms with Gasteiger partial charge in [-0.2, -0.15) is 0 Å². The molecular formula is C3H4O4. The topological polar surface area (TPSA) is 63.6 Å². The highest BCUT2D eigenvalue weighted by molar-refractivity contribution is 5.61. The molecule has 40 valence electrons. The van der Waals surface area contributed by atoms with Crippen molar-refractivity contribution in [2.75, 3.05) is 6.61 Å². The molecule has 0 saturated carbocycles. The lowest BCUT2D eigenvalue weighted by molar-refractivity contribution is -0.110. The molecule has 0 amide bonds. The lowest BCUT2D eigenvalue weighted by atomic mass is 10.8. The summed E-state index contributed by atoms with van der Waals surface area (Å²) in [6, 6.07) is 0. The molecule has 0 bridgehead atoms. The zero-order valence-electron chi connectivity index (χ0n) is 3.46. The van der Waals surface area contributed by atoms with Gasteiger partial charge in [0.05, 0.1) is 0 Å². The second-order valence-electron chi connectivity index (χ2n) is 0.744. The van der Waals surface area contributed by atoms with Gasteiger partial charge in [-0.1, -0.05) is 0 Å². The Labute approximate surface area is 39.7 Å². The first kappa shape index (κ1) is 5.94. The van der Waals surface area contributed by atoms with E-state index in [1.807, 2.05) is 0 Å². The smallest absolute Gasteiger partial charge is 0.450 e. The van der Waals surface area contributed by atoms with E-state index in [9.17, 15) is 9.59 Å². The van der Waals surface area contributed by atoms with Crippen molar-refractivity contribution in [2.45, 2.75) is 0 Å². The van der Waals surface area contributed by atoms with Crippen molar-refractivity contribution in [3.63, 3.8) is 0 Å². The van der Waals surface area contributed by atoms with Gasteiger partial charge in [0.15, 0.2) is 12.9 Å². The van der Waals surface area contributed by atoms with E-state index in [-0.39, 0.29) is 6.61 Å². The molecule has 0 heterocycles. The maximum absolute atomic E-state index is 9.38. The van der Waals surface area contributed by atoms with Crippen LogP contribution < -0.4 is 0 Å².